The summed E-state index contributed by atoms with van der Waals surface area (Å²) in [7, 11) is -3.07. The lowest BCUT2D eigenvalue weighted by molar-refractivity contribution is -0.139. The molecule has 0 radical (unpaired) electrons. The normalized spacial score (nSPS) is 13.3. The van der Waals surface area contributed by atoms with Gasteiger partial charge < -0.3 is 13.3 Å². The lowest BCUT2D eigenvalue weighted by Gasteiger charge is -2.22. The largest absolute Gasteiger partial charge is 0.460 e. The molecule has 4 nitrogen and oxygen atoms in total. The molecule has 0 aromatic rings. The summed E-state index contributed by atoms with van der Waals surface area (Å²) in [6, 6.07) is 0. The molecule has 0 spiro atoms. The molecule has 0 aromatic carbocycles. The van der Waals surface area contributed by atoms with Crippen molar-refractivity contribution >= 4 is 23.6 Å². The minimum Gasteiger partial charge on any atom is -0.460 e. The molecule has 0 aliphatic heterocycles. The molecule has 94 valence electrons. The Morgan fingerprint density at radius 3 is 2.31 bits per heavy atom. The summed E-state index contributed by atoms with van der Waals surface area (Å²) in [6.45, 7) is 14.1. The zero-order valence-corrected chi connectivity index (χ0v) is 13.0. The van der Waals surface area contributed by atoms with E-state index in [1.807, 2.05) is 6.55 Å². The SMILES string of the molecule is C=C(C)C(=O)OCCO[SiH](C)O[Si](C)(C)C. The van der Waals surface area contributed by atoms with Crippen molar-refractivity contribution in [3.8, 4) is 0 Å². The molecule has 0 saturated heterocycles. The highest BCUT2D eigenvalue weighted by molar-refractivity contribution is 6.75. The van der Waals surface area contributed by atoms with E-state index in [0.29, 0.717) is 12.2 Å². The Labute approximate surface area is 101 Å². The third-order valence-electron chi connectivity index (χ3n) is 1.54. The summed E-state index contributed by atoms with van der Waals surface area (Å²) < 4.78 is 16.2. The second-order valence-corrected chi connectivity index (χ2v) is 11.2. The molecule has 0 bridgehead atoms. The van der Waals surface area contributed by atoms with E-state index in [2.05, 4.69) is 26.2 Å². The molecule has 0 N–H and O–H groups in total. The van der Waals surface area contributed by atoms with Crippen LogP contribution in [0.25, 0.3) is 0 Å². The van der Waals surface area contributed by atoms with Gasteiger partial charge in [-0.3, -0.25) is 0 Å². The fraction of sp³-hybridized carbons (Fsp3) is 0.700. The lowest BCUT2D eigenvalue weighted by atomic mass is 10.4. The molecular weight excluding hydrogens is 240 g/mol. The third kappa shape index (κ3) is 8.84. The van der Waals surface area contributed by atoms with E-state index in [1.54, 1.807) is 6.92 Å². The predicted octanol–water partition coefficient (Wildman–Crippen LogP) is 1.82. The first kappa shape index (κ1) is 15.6. The van der Waals surface area contributed by atoms with E-state index >= 15 is 0 Å². The first-order valence-corrected chi connectivity index (χ1v) is 10.8. The van der Waals surface area contributed by atoms with Gasteiger partial charge in [-0.25, -0.2) is 4.79 Å². The molecule has 1 unspecified atom stereocenters. The number of rotatable bonds is 7. The molecule has 6 heteroatoms. The highest BCUT2D eigenvalue weighted by Crippen LogP contribution is 2.05. The number of hydrogen-bond acceptors (Lipinski definition) is 4. The third-order valence-corrected chi connectivity index (χ3v) is 6.40. The molecule has 16 heavy (non-hydrogen) atoms. The molecule has 0 rings (SSSR count). The Morgan fingerprint density at radius 2 is 1.88 bits per heavy atom. The second-order valence-electron chi connectivity index (χ2n) is 4.58. The van der Waals surface area contributed by atoms with Gasteiger partial charge in [0.1, 0.15) is 6.61 Å². The Hall–Kier alpha value is -0.436. The maximum Gasteiger partial charge on any atom is 0.333 e. The van der Waals surface area contributed by atoms with Crippen molar-refractivity contribution in [3.63, 3.8) is 0 Å². The van der Waals surface area contributed by atoms with E-state index in [0.717, 1.165) is 0 Å². The highest BCUT2D eigenvalue weighted by Gasteiger charge is 2.19. The molecular formula is C10H22O4Si2. The minimum atomic E-state index is -1.57. The molecule has 0 aliphatic carbocycles. The standard InChI is InChI=1S/C10H22O4Si2/c1-9(2)10(11)12-7-8-13-15(3)14-16(4,5)6/h15H,1,7-8H2,2-6H3. The maximum atomic E-state index is 11.0. The molecule has 0 heterocycles. The predicted molar refractivity (Wildman–Crippen MR) is 69.2 cm³/mol. The van der Waals surface area contributed by atoms with Crippen LogP contribution in [0, 0.1) is 0 Å². The van der Waals surface area contributed by atoms with Gasteiger partial charge in [-0.05, 0) is 33.1 Å². The summed E-state index contributed by atoms with van der Waals surface area (Å²) >= 11 is 0. The first-order chi connectivity index (χ1) is 7.22. The Kier molecular flexibility index (Phi) is 6.81. The van der Waals surface area contributed by atoms with Gasteiger partial charge in [-0.15, -0.1) is 0 Å². The van der Waals surface area contributed by atoms with Gasteiger partial charge >= 0.3 is 15.3 Å². The smallest absolute Gasteiger partial charge is 0.333 e. The van der Waals surface area contributed by atoms with Crippen LogP contribution in [0.1, 0.15) is 6.92 Å². The van der Waals surface area contributed by atoms with Gasteiger partial charge in [0.05, 0.1) is 6.61 Å². The van der Waals surface area contributed by atoms with Crippen LogP contribution in [0.2, 0.25) is 26.2 Å². The molecule has 0 fully saturated rings. The zero-order valence-electron chi connectivity index (χ0n) is 10.8. The summed E-state index contributed by atoms with van der Waals surface area (Å²) in [5, 5.41) is 0. The van der Waals surface area contributed by atoms with Crippen LogP contribution >= 0.6 is 0 Å². The van der Waals surface area contributed by atoms with E-state index in [9.17, 15) is 4.79 Å². The van der Waals surface area contributed by atoms with Gasteiger partial charge in [-0.2, -0.15) is 0 Å². The summed E-state index contributed by atoms with van der Waals surface area (Å²) in [6.07, 6.45) is 0. The Bertz CT molecular complexity index is 248. The van der Waals surface area contributed by atoms with Crippen LogP contribution in [-0.4, -0.2) is 36.8 Å². The van der Waals surface area contributed by atoms with Gasteiger partial charge in [0.15, 0.2) is 8.32 Å². The number of hydrogen-bond donors (Lipinski definition) is 0. The van der Waals surface area contributed by atoms with E-state index in [-0.39, 0.29) is 12.6 Å². The van der Waals surface area contributed by atoms with Gasteiger partial charge in [-0.1, -0.05) is 6.58 Å². The number of carbonyl (C=O) groups is 1. The average Bonchev–Trinajstić information content (AvgIpc) is 2.08. The van der Waals surface area contributed by atoms with Crippen LogP contribution in [0.15, 0.2) is 12.2 Å². The zero-order chi connectivity index (χ0) is 12.8. The van der Waals surface area contributed by atoms with Crippen molar-refractivity contribution in [2.24, 2.45) is 0 Å². The van der Waals surface area contributed by atoms with E-state index in [4.69, 9.17) is 13.3 Å². The maximum absolute atomic E-state index is 11.0. The summed E-state index contributed by atoms with van der Waals surface area (Å²) in [5.41, 5.74) is 0.406. The topological polar surface area (TPSA) is 44.8 Å². The van der Waals surface area contributed by atoms with E-state index in [1.165, 1.54) is 0 Å². The van der Waals surface area contributed by atoms with Crippen LogP contribution in [0.5, 0.6) is 0 Å². The van der Waals surface area contributed by atoms with Crippen LogP contribution < -0.4 is 0 Å². The fourth-order valence-electron chi connectivity index (χ4n) is 1.00. The quantitative estimate of drug-likeness (QED) is 0.304. The monoisotopic (exact) mass is 262 g/mol. The minimum absolute atomic E-state index is 0.262. The number of carbonyl (C=O) groups excluding carboxylic acids is 1. The number of ether oxygens (including phenoxy) is 1. The van der Waals surface area contributed by atoms with Crippen LogP contribution in [0.4, 0.5) is 0 Å². The van der Waals surface area contributed by atoms with E-state index < -0.39 is 17.6 Å². The molecule has 0 saturated carbocycles. The van der Waals surface area contributed by atoms with Crippen molar-refractivity contribution in [2.45, 2.75) is 33.1 Å². The van der Waals surface area contributed by atoms with Crippen LogP contribution in [-0.2, 0) is 18.1 Å². The van der Waals surface area contributed by atoms with Crippen molar-refractivity contribution in [1.82, 2.24) is 0 Å². The lowest BCUT2D eigenvalue weighted by Crippen LogP contribution is -2.35. The van der Waals surface area contributed by atoms with Crippen molar-refractivity contribution in [1.29, 1.82) is 0 Å². The van der Waals surface area contributed by atoms with Gasteiger partial charge in [0.2, 0.25) is 0 Å². The Balaban J connectivity index is 3.60. The van der Waals surface area contributed by atoms with Crippen molar-refractivity contribution in [3.05, 3.63) is 12.2 Å². The molecule has 1 atom stereocenters. The Morgan fingerprint density at radius 1 is 1.31 bits per heavy atom. The highest BCUT2D eigenvalue weighted by atomic mass is 28.4. The summed E-state index contributed by atoms with van der Waals surface area (Å²) in [5.74, 6) is -0.371. The molecule has 0 amide bonds. The van der Waals surface area contributed by atoms with Crippen molar-refractivity contribution < 1.29 is 18.1 Å². The first-order valence-electron chi connectivity index (χ1n) is 5.34. The number of esters is 1. The second kappa shape index (κ2) is 7.00. The summed E-state index contributed by atoms with van der Waals surface area (Å²) in [4.78, 5) is 11.0. The molecule has 0 aliphatic rings. The average molecular weight is 262 g/mol. The van der Waals surface area contributed by atoms with Gasteiger partial charge in [0, 0.05) is 5.57 Å². The fourth-order valence-corrected chi connectivity index (χ4v) is 5.69. The van der Waals surface area contributed by atoms with Gasteiger partial charge in [0.25, 0.3) is 0 Å². The van der Waals surface area contributed by atoms with Crippen LogP contribution in [0.3, 0.4) is 0 Å². The molecule has 0 aromatic heterocycles. The van der Waals surface area contributed by atoms with Crippen molar-refractivity contribution in [2.75, 3.05) is 13.2 Å².